The van der Waals surface area contributed by atoms with E-state index >= 15 is 0 Å². The smallest absolute Gasteiger partial charge is 0.325 e. The molecule has 0 fully saturated rings. The highest BCUT2D eigenvalue weighted by Crippen LogP contribution is 2.07. The van der Waals surface area contributed by atoms with Crippen LogP contribution in [0.1, 0.15) is 23.0 Å². The van der Waals surface area contributed by atoms with Crippen molar-refractivity contribution in [1.82, 2.24) is 14.7 Å². The molecule has 6 nitrogen and oxygen atoms in total. The molecule has 2 heterocycles. The number of amides is 1. The Morgan fingerprint density at radius 1 is 1.50 bits per heavy atom. The summed E-state index contributed by atoms with van der Waals surface area (Å²) in [5.74, 6) is -1.57. The summed E-state index contributed by atoms with van der Waals surface area (Å²) in [7, 11) is 0. The van der Waals surface area contributed by atoms with Crippen LogP contribution < -0.4 is 5.32 Å². The lowest BCUT2D eigenvalue weighted by atomic mass is 10.3. The summed E-state index contributed by atoms with van der Waals surface area (Å²) in [5, 5.41) is 11.1. The normalized spacial score (nSPS) is 12.3. The SMILES string of the molecule is Cc1ccn2cc(C(=O)N[C@@H](C)C(=O)O)nc2c1. The van der Waals surface area contributed by atoms with E-state index in [1.807, 2.05) is 19.1 Å². The maximum atomic E-state index is 11.8. The van der Waals surface area contributed by atoms with Crippen LogP contribution in [0.15, 0.2) is 24.5 Å². The maximum absolute atomic E-state index is 11.8. The van der Waals surface area contributed by atoms with Gasteiger partial charge in [-0.05, 0) is 31.5 Å². The van der Waals surface area contributed by atoms with Crippen molar-refractivity contribution in [2.75, 3.05) is 0 Å². The Morgan fingerprint density at radius 3 is 2.89 bits per heavy atom. The number of pyridine rings is 1. The third-order valence-corrected chi connectivity index (χ3v) is 2.57. The van der Waals surface area contributed by atoms with Gasteiger partial charge in [-0.1, -0.05) is 0 Å². The number of nitrogens with zero attached hydrogens (tertiary/aromatic N) is 2. The van der Waals surface area contributed by atoms with E-state index in [-0.39, 0.29) is 5.69 Å². The molecule has 1 amide bonds. The number of rotatable bonds is 3. The molecule has 0 radical (unpaired) electrons. The largest absolute Gasteiger partial charge is 0.480 e. The number of nitrogens with one attached hydrogen (secondary N) is 1. The van der Waals surface area contributed by atoms with Gasteiger partial charge < -0.3 is 14.8 Å². The number of carbonyl (C=O) groups is 2. The van der Waals surface area contributed by atoms with Crippen molar-refractivity contribution in [1.29, 1.82) is 0 Å². The summed E-state index contributed by atoms with van der Waals surface area (Å²) >= 11 is 0. The fraction of sp³-hybridized carbons (Fsp3) is 0.250. The van der Waals surface area contributed by atoms with Gasteiger partial charge in [0, 0.05) is 12.4 Å². The van der Waals surface area contributed by atoms with Crippen molar-refractivity contribution in [2.45, 2.75) is 19.9 Å². The highest BCUT2D eigenvalue weighted by molar-refractivity contribution is 5.95. The summed E-state index contributed by atoms with van der Waals surface area (Å²) in [4.78, 5) is 26.6. The zero-order valence-electron chi connectivity index (χ0n) is 10.0. The quantitative estimate of drug-likeness (QED) is 0.842. The van der Waals surface area contributed by atoms with E-state index in [0.29, 0.717) is 5.65 Å². The van der Waals surface area contributed by atoms with Crippen LogP contribution in [0.3, 0.4) is 0 Å². The fourth-order valence-electron chi connectivity index (χ4n) is 1.53. The first-order chi connectivity index (χ1) is 8.47. The molecule has 0 aliphatic carbocycles. The predicted molar refractivity (Wildman–Crippen MR) is 64.5 cm³/mol. The minimum absolute atomic E-state index is 0.203. The fourth-order valence-corrected chi connectivity index (χ4v) is 1.53. The number of carboxylic acids is 1. The van der Waals surface area contributed by atoms with Gasteiger partial charge in [0.25, 0.3) is 5.91 Å². The number of carboxylic acid groups (broad SMARTS) is 1. The second-order valence-electron chi connectivity index (χ2n) is 4.13. The topological polar surface area (TPSA) is 83.7 Å². The van der Waals surface area contributed by atoms with Crippen molar-refractivity contribution in [2.24, 2.45) is 0 Å². The third-order valence-electron chi connectivity index (χ3n) is 2.57. The van der Waals surface area contributed by atoms with Gasteiger partial charge in [-0.15, -0.1) is 0 Å². The first-order valence-electron chi connectivity index (χ1n) is 5.46. The minimum Gasteiger partial charge on any atom is -0.480 e. The summed E-state index contributed by atoms with van der Waals surface area (Å²) in [6, 6.07) is 2.80. The average Bonchev–Trinajstić information content (AvgIpc) is 2.71. The van der Waals surface area contributed by atoms with Crippen LogP contribution in [0.2, 0.25) is 0 Å². The molecular weight excluding hydrogens is 234 g/mol. The molecule has 0 unspecified atom stereocenters. The van der Waals surface area contributed by atoms with Crippen LogP contribution in [0.4, 0.5) is 0 Å². The number of aliphatic carboxylic acids is 1. The molecule has 0 spiro atoms. The van der Waals surface area contributed by atoms with Gasteiger partial charge >= 0.3 is 5.97 Å². The van der Waals surface area contributed by atoms with E-state index in [4.69, 9.17) is 5.11 Å². The highest BCUT2D eigenvalue weighted by Gasteiger charge is 2.17. The summed E-state index contributed by atoms with van der Waals surface area (Å²) in [6.07, 6.45) is 3.37. The van der Waals surface area contributed by atoms with Crippen molar-refractivity contribution in [3.63, 3.8) is 0 Å². The number of hydrogen-bond donors (Lipinski definition) is 2. The Balaban J connectivity index is 2.26. The van der Waals surface area contributed by atoms with Crippen LogP contribution >= 0.6 is 0 Å². The van der Waals surface area contributed by atoms with Gasteiger partial charge in [0.2, 0.25) is 0 Å². The second kappa shape index (κ2) is 4.48. The van der Waals surface area contributed by atoms with Crippen molar-refractivity contribution in [3.05, 3.63) is 35.8 Å². The zero-order valence-corrected chi connectivity index (χ0v) is 10.0. The molecule has 2 rings (SSSR count). The molecule has 94 valence electrons. The first-order valence-corrected chi connectivity index (χ1v) is 5.46. The second-order valence-corrected chi connectivity index (χ2v) is 4.13. The number of imidazole rings is 1. The molecule has 6 heteroatoms. The Kier molecular flexibility index (Phi) is 3.01. The molecule has 0 aromatic carbocycles. The Morgan fingerprint density at radius 2 is 2.22 bits per heavy atom. The minimum atomic E-state index is -1.08. The van der Waals surface area contributed by atoms with E-state index in [0.717, 1.165) is 5.56 Å². The van der Waals surface area contributed by atoms with Gasteiger partial charge in [-0.25, -0.2) is 4.98 Å². The van der Waals surface area contributed by atoms with Crippen molar-refractivity contribution >= 4 is 17.5 Å². The van der Waals surface area contributed by atoms with Crippen LogP contribution in [-0.4, -0.2) is 32.4 Å². The number of carbonyl (C=O) groups excluding carboxylic acids is 1. The van der Waals surface area contributed by atoms with Gasteiger partial charge in [0.1, 0.15) is 17.4 Å². The summed E-state index contributed by atoms with van der Waals surface area (Å²) in [6.45, 7) is 3.33. The predicted octanol–water partition coefficient (Wildman–Crippen LogP) is 0.846. The van der Waals surface area contributed by atoms with Gasteiger partial charge in [0.15, 0.2) is 0 Å². The van der Waals surface area contributed by atoms with E-state index in [2.05, 4.69) is 10.3 Å². The van der Waals surface area contributed by atoms with Crippen LogP contribution in [-0.2, 0) is 4.79 Å². The molecule has 0 aliphatic rings. The molecule has 0 saturated heterocycles. The van der Waals surface area contributed by atoms with E-state index in [1.54, 1.807) is 16.8 Å². The maximum Gasteiger partial charge on any atom is 0.325 e. The molecule has 0 bridgehead atoms. The van der Waals surface area contributed by atoms with Gasteiger partial charge in [-0.2, -0.15) is 0 Å². The zero-order chi connectivity index (χ0) is 13.3. The molecule has 0 aliphatic heterocycles. The lowest BCUT2D eigenvalue weighted by molar-refractivity contribution is -0.138. The number of fused-ring (bicyclic) bond motifs is 1. The number of aryl methyl sites for hydroxylation is 1. The molecule has 0 saturated carbocycles. The van der Waals surface area contributed by atoms with Crippen LogP contribution in [0.5, 0.6) is 0 Å². The molecule has 2 aromatic heterocycles. The average molecular weight is 247 g/mol. The lowest BCUT2D eigenvalue weighted by Crippen LogP contribution is -2.38. The molecular formula is C12H13N3O3. The Hall–Kier alpha value is -2.37. The van der Waals surface area contributed by atoms with E-state index in [9.17, 15) is 9.59 Å². The van der Waals surface area contributed by atoms with Crippen LogP contribution in [0, 0.1) is 6.92 Å². The monoisotopic (exact) mass is 247 g/mol. The van der Waals surface area contributed by atoms with E-state index in [1.165, 1.54) is 6.92 Å². The number of hydrogen-bond acceptors (Lipinski definition) is 3. The third kappa shape index (κ3) is 2.32. The molecule has 18 heavy (non-hydrogen) atoms. The molecule has 2 aromatic rings. The molecule has 1 atom stereocenters. The number of aromatic nitrogens is 2. The Bertz CT molecular complexity index is 618. The van der Waals surface area contributed by atoms with Gasteiger partial charge in [-0.3, -0.25) is 9.59 Å². The van der Waals surface area contributed by atoms with Gasteiger partial charge in [0.05, 0.1) is 0 Å². The van der Waals surface area contributed by atoms with Crippen molar-refractivity contribution in [3.8, 4) is 0 Å². The molecule has 2 N–H and O–H groups in total. The van der Waals surface area contributed by atoms with E-state index < -0.39 is 17.9 Å². The van der Waals surface area contributed by atoms with Crippen molar-refractivity contribution < 1.29 is 14.7 Å². The standard InChI is InChI=1S/C12H13N3O3/c1-7-3-4-15-6-9(14-10(15)5-7)11(16)13-8(2)12(17)18/h3-6,8H,1-2H3,(H,13,16)(H,17,18)/t8-/m0/s1. The first kappa shape index (κ1) is 12.1. The van der Waals surface area contributed by atoms with Crippen LogP contribution in [0.25, 0.3) is 5.65 Å². The Labute approximate surface area is 103 Å². The highest BCUT2D eigenvalue weighted by atomic mass is 16.4. The lowest BCUT2D eigenvalue weighted by Gasteiger charge is -2.06. The summed E-state index contributed by atoms with van der Waals surface area (Å²) < 4.78 is 1.72. The summed E-state index contributed by atoms with van der Waals surface area (Å²) in [5.41, 5.74) is 1.90.